The third kappa shape index (κ3) is 7.76. The summed E-state index contributed by atoms with van der Waals surface area (Å²) in [6.45, 7) is 6.81. The zero-order valence-electron chi connectivity index (χ0n) is 20.8. The van der Waals surface area contributed by atoms with Crippen molar-refractivity contribution in [3.8, 4) is 23.1 Å². The van der Waals surface area contributed by atoms with E-state index in [2.05, 4.69) is 10.6 Å². The molecule has 1 unspecified atom stereocenters. The van der Waals surface area contributed by atoms with Crippen LogP contribution in [-0.4, -0.2) is 48.0 Å². The van der Waals surface area contributed by atoms with Gasteiger partial charge in [-0.05, 0) is 56.9 Å². The minimum Gasteiger partial charge on any atom is -0.493 e. The number of alkyl halides is 3. The van der Waals surface area contributed by atoms with E-state index in [0.29, 0.717) is 25.4 Å². The summed E-state index contributed by atoms with van der Waals surface area (Å²) in [5, 5.41) is 14.0. The summed E-state index contributed by atoms with van der Waals surface area (Å²) in [4.78, 5) is 13.6. The first-order valence-corrected chi connectivity index (χ1v) is 13.0. The summed E-state index contributed by atoms with van der Waals surface area (Å²) in [7, 11) is 0. The Morgan fingerprint density at radius 3 is 2.43 bits per heavy atom. The minimum absolute atomic E-state index is 0.0838. The van der Waals surface area contributed by atoms with E-state index in [4.69, 9.17) is 26.3 Å². The molecule has 1 heterocycles. The molecule has 1 aliphatic rings. The molecule has 3 rings (SSSR count). The van der Waals surface area contributed by atoms with Gasteiger partial charge in [0, 0.05) is 30.3 Å². The van der Waals surface area contributed by atoms with Gasteiger partial charge in [0.25, 0.3) is 0 Å². The Morgan fingerprint density at radius 2 is 1.89 bits per heavy atom. The predicted molar refractivity (Wildman–Crippen MR) is 138 cm³/mol. The van der Waals surface area contributed by atoms with Gasteiger partial charge in [-0.15, -0.1) is 11.8 Å². The van der Waals surface area contributed by atoms with Crippen molar-refractivity contribution in [1.29, 1.82) is 5.26 Å². The number of carbonyl (C=O) groups excluding carboxylic acids is 1. The van der Waals surface area contributed by atoms with Crippen molar-refractivity contribution in [3.63, 3.8) is 0 Å². The van der Waals surface area contributed by atoms with Crippen LogP contribution in [0, 0.1) is 17.4 Å². The lowest BCUT2D eigenvalue weighted by molar-refractivity contribution is -0.137. The summed E-state index contributed by atoms with van der Waals surface area (Å²) in [6.07, 6.45) is -1.56. The zero-order valence-corrected chi connectivity index (χ0v) is 22.4. The second kappa shape index (κ2) is 11.6. The first-order chi connectivity index (χ1) is 17.3. The molecule has 1 fully saturated rings. The van der Waals surface area contributed by atoms with E-state index in [-0.39, 0.29) is 33.8 Å². The number of rotatable bonds is 8. The minimum atomic E-state index is -4.66. The first-order valence-electron chi connectivity index (χ1n) is 11.4. The smallest absolute Gasteiger partial charge is 0.417 e. The Bertz CT molecular complexity index is 1140. The molecule has 0 spiro atoms. The van der Waals surface area contributed by atoms with Crippen LogP contribution in [0.5, 0.6) is 5.75 Å². The molecular weight excluding hydrogens is 529 g/mol. The molecule has 1 atom stereocenters. The largest absolute Gasteiger partial charge is 0.493 e. The standard InChI is InChI=1S/C25H28ClF3N4O3S/c1-24(2,3)36-23(34)33-11-15(12-33)13-35-18-7-5-16(6-8-18)21-19(25(27,28)29)9-17(10-20(21)26)32-22(37-4)31-14-30/h5-10,15,22,31-32H,11-13H2,1-4H3. The molecule has 1 saturated heterocycles. The van der Waals surface area contributed by atoms with Gasteiger partial charge in [-0.1, -0.05) is 23.7 Å². The van der Waals surface area contributed by atoms with Crippen LogP contribution in [0.1, 0.15) is 26.3 Å². The van der Waals surface area contributed by atoms with Gasteiger partial charge in [0.1, 0.15) is 11.4 Å². The fraction of sp³-hybridized carbons (Fsp3) is 0.440. The van der Waals surface area contributed by atoms with Crippen molar-refractivity contribution in [2.75, 3.05) is 31.3 Å². The molecule has 0 aromatic heterocycles. The van der Waals surface area contributed by atoms with Crippen molar-refractivity contribution in [2.24, 2.45) is 5.92 Å². The number of benzene rings is 2. The lowest BCUT2D eigenvalue weighted by atomic mass is 9.98. The Hall–Kier alpha value is -2.97. The highest BCUT2D eigenvalue weighted by molar-refractivity contribution is 7.99. The Balaban J connectivity index is 1.68. The molecule has 0 aliphatic carbocycles. The van der Waals surface area contributed by atoms with Crippen LogP contribution in [0.3, 0.4) is 0 Å². The number of carbonyl (C=O) groups is 1. The van der Waals surface area contributed by atoms with Crippen molar-refractivity contribution >= 4 is 35.1 Å². The van der Waals surface area contributed by atoms with E-state index in [1.807, 2.05) is 0 Å². The Morgan fingerprint density at radius 1 is 1.24 bits per heavy atom. The molecule has 2 aromatic carbocycles. The normalized spacial score (nSPS) is 14.8. The molecule has 2 N–H and O–H groups in total. The number of nitrogens with zero attached hydrogens (tertiary/aromatic N) is 2. The van der Waals surface area contributed by atoms with E-state index in [1.165, 1.54) is 30.0 Å². The first kappa shape index (κ1) is 28.6. The van der Waals surface area contributed by atoms with Crippen LogP contribution in [0.2, 0.25) is 5.02 Å². The second-order valence-corrected chi connectivity index (χ2v) is 10.8. The van der Waals surface area contributed by atoms with Gasteiger partial charge >= 0.3 is 12.3 Å². The topological polar surface area (TPSA) is 86.6 Å². The quantitative estimate of drug-likeness (QED) is 0.221. The maximum Gasteiger partial charge on any atom is 0.417 e. The van der Waals surface area contributed by atoms with Gasteiger partial charge in [-0.25, -0.2) is 4.79 Å². The van der Waals surface area contributed by atoms with E-state index < -0.39 is 22.8 Å². The summed E-state index contributed by atoms with van der Waals surface area (Å²) in [5.41, 5.74) is -1.80. The number of amides is 1. The fourth-order valence-corrected chi connectivity index (χ4v) is 4.41. The third-order valence-corrected chi connectivity index (χ3v) is 6.37. The fourth-order valence-electron chi connectivity index (χ4n) is 3.65. The number of thioether (sulfide) groups is 1. The number of hydrogen-bond acceptors (Lipinski definition) is 7. The average molecular weight is 557 g/mol. The van der Waals surface area contributed by atoms with Crippen LogP contribution in [0.4, 0.5) is 23.7 Å². The van der Waals surface area contributed by atoms with Gasteiger partial charge in [0.2, 0.25) is 0 Å². The molecule has 0 bridgehead atoms. The predicted octanol–water partition coefficient (Wildman–Crippen LogP) is 6.40. The molecule has 0 saturated carbocycles. The van der Waals surface area contributed by atoms with E-state index in [9.17, 15) is 18.0 Å². The summed E-state index contributed by atoms with van der Waals surface area (Å²) >= 11 is 7.54. The third-order valence-electron chi connectivity index (χ3n) is 5.36. The maximum absolute atomic E-state index is 14.0. The molecule has 1 aliphatic heterocycles. The van der Waals surface area contributed by atoms with Gasteiger partial charge < -0.3 is 19.7 Å². The number of nitriles is 1. The van der Waals surface area contributed by atoms with Crippen molar-refractivity contribution in [2.45, 2.75) is 38.0 Å². The summed E-state index contributed by atoms with van der Waals surface area (Å²) < 4.78 is 53.0. The molecule has 37 heavy (non-hydrogen) atoms. The van der Waals surface area contributed by atoms with Crippen molar-refractivity contribution in [3.05, 3.63) is 47.0 Å². The molecule has 200 valence electrons. The molecule has 1 amide bonds. The average Bonchev–Trinajstić information content (AvgIpc) is 2.76. The van der Waals surface area contributed by atoms with Crippen LogP contribution < -0.4 is 15.4 Å². The number of ether oxygens (including phenoxy) is 2. The highest BCUT2D eigenvalue weighted by atomic mass is 35.5. The van der Waals surface area contributed by atoms with Crippen molar-refractivity contribution < 1.29 is 27.4 Å². The second-order valence-electron chi connectivity index (χ2n) is 9.48. The number of halogens is 4. The van der Waals surface area contributed by atoms with Crippen LogP contribution >= 0.6 is 23.4 Å². The van der Waals surface area contributed by atoms with Gasteiger partial charge in [-0.2, -0.15) is 18.4 Å². The number of hydrogen-bond donors (Lipinski definition) is 2. The highest BCUT2D eigenvalue weighted by Crippen LogP contribution is 2.43. The maximum atomic E-state index is 14.0. The highest BCUT2D eigenvalue weighted by Gasteiger charge is 2.36. The lowest BCUT2D eigenvalue weighted by Crippen LogP contribution is -2.53. The number of likely N-dealkylation sites (tertiary alicyclic amines) is 1. The molecule has 12 heteroatoms. The van der Waals surface area contributed by atoms with Crippen LogP contribution in [0.25, 0.3) is 11.1 Å². The molecule has 2 aromatic rings. The van der Waals surface area contributed by atoms with Crippen LogP contribution in [-0.2, 0) is 10.9 Å². The van der Waals surface area contributed by atoms with Crippen molar-refractivity contribution in [1.82, 2.24) is 10.2 Å². The van der Waals surface area contributed by atoms with Gasteiger partial charge in [0.05, 0.1) is 17.2 Å². The Labute approximate surface area is 223 Å². The number of anilines is 1. The molecule has 0 radical (unpaired) electrons. The van der Waals surface area contributed by atoms with E-state index in [0.717, 1.165) is 6.07 Å². The van der Waals surface area contributed by atoms with Gasteiger partial charge in [-0.3, -0.25) is 5.32 Å². The molecule has 7 nitrogen and oxygen atoms in total. The Kier molecular flexibility index (Phi) is 8.97. The lowest BCUT2D eigenvalue weighted by Gasteiger charge is -2.39. The van der Waals surface area contributed by atoms with Gasteiger partial charge in [0.15, 0.2) is 11.7 Å². The SMILES string of the molecule is CSC(NC#N)Nc1cc(Cl)c(-c2ccc(OCC3CN(C(=O)OC(C)(C)C)C3)cc2)c(C(F)(F)F)c1. The van der Waals surface area contributed by atoms with E-state index in [1.54, 1.807) is 50.3 Å². The monoisotopic (exact) mass is 556 g/mol. The number of nitrogens with one attached hydrogen (secondary N) is 2. The van der Waals surface area contributed by atoms with E-state index >= 15 is 0 Å². The molecular formula is C25H28ClF3N4O3S. The summed E-state index contributed by atoms with van der Waals surface area (Å²) in [6, 6.07) is 8.58. The summed E-state index contributed by atoms with van der Waals surface area (Å²) in [5.74, 6) is 0.631. The zero-order chi connectivity index (χ0) is 27.4. The van der Waals surface area contributed by atoms with Crippen LogP contribution in [0.15, 0.2) is 36.4 Å².